The third kappa shape index (κ3) is 5.06. The fraction of sp³-hybridized carbons (Fsp3) is 0.812. The summed E-state index contributed by atoms with van der Waals surface area (Å²) in [5.74, 6) is 0.423. The van der Waals surface area contributed by atoms with Crippen LogP contribution in [0.3, 0.4) is 0 Å². The van der Waals surface area contributed by atoms with E-state index in [0.29, 0.717) is 12.0 Å². The lowest BCUT2D eigenvalue weighted by atomic mass is 9.78. The predicted octanol–water partition coefficient (Wildman–Crippen LogP) is 5.12. The summed E-state index contributed by atoms with van der Waals surface area (Å²) in [7, 11) is 0. The summed E-state index contributed by atoms with van der Waals surface area (Å²) >= 11 is 0. The first-order valence-corrected chi connectivity index (χ1v) is 6.61. The molecule has 100 valence electrons. The fourth-order valence-electron chi connectivity index (χ4n) is 1.59. The highest BCUT2D eigenvalue weighted by molar-refractivity contribution is 5.87. The van der Waals surface area contributed by atoms with Crippen LogP contribution in [0.5, 0.6) is 0 Å². The van der Waals surface area contributed by atoms with E-state index in [9.17, 15) is 0 Å². The molecule has 1 heteroatoms. The monoisotopic (exact) mass is 237 g/mol. The average Bonchev–Trinajstić information content (AvgIpc) is 2.12. The molecule has 17 heavy (non-hydrogen) atoms. The Kier molecular flexibility index (Phi) is 5.18. The van der Waals surface area contributed by atoms with Crippen LogP contribution in [0.15, 0.2) is 17.1 Å². The molecule has 0 rings (SSSR count). The maximum absolute atomic E-state index is 4.84. The second-order valence-corrected chi connectivity index (χ2v) is 7.27. The zero-order chi connectivity index (χ0) is 14.0. The van der Waals surface area contributed by atoms with Crippen molar-refractivity contribution < 1.29 is 0 Å². The van der Waals surface area contributed by atoms with Crippen LogP contribution in [-0.2, 0) is 0 Å². The third-order valence-corrected chi connectivity index (χ3v) is 3.72. The molecule has 0 aliphatic heterocycles. The lowest BCUT2D eigenvalue weighted by Crippen LogP contribution is -2.25. The SMILES string of the molecule is C=C(C(C)C(C)N=C(C)C(C)(C)C)C(C)(C)C. The lowest BCUT2D eigenvalue weighted by Gasteiger charge is -2.30. The molecular weight excluding hydrogens is 206 g/mol. The Balaban J connectivity index is 4.86. The Morgan fingerprint density at radius 2 is 1.35 bits per heavy atom. The van der Waals surface area contributed by atoms with Gasteiger partial charge in [-0.15, -0.1) is 0 Å². The van der Waals surface area contributed by atoms with Gasteiger partial charge in [-0.2, -0.15) is 0 Å². The van der Waals surface area contributed by atoms with Crippen molar-refractivity contribution in [3.63, 3.8) is 0 Å². The summed E-state index contributed by atoms with van der Waals surface area (Å²) in [6.45, 7) is 24.1. The molecule has 0 aromatic rings. The van der Waals surface area contributed by atoms with Crippen LogP contribution in [-0.4, -0.2) is 11.8 Å². The van der Waals surface area contributed by atoms with E-state index in [-0.39, 0.29) is 10.8 Å². The van der Waals surface area contributed by atoms with Gasteiger partial charge in [0.25, 0.3) is 0 Å². The van der Waals surface area contributed by atoms with E-state index in [4.69, 9.17) is 4.99 Å². The van der Waals surface area contributed by atoms with Gasteiger partial charge in [0.05, 0.1) is 6.04 Å². The summed E-state index contributed by atoms with van der Waals surface area (Å²) in [5, 5.41) is 0. The Hall–Kier alpha value is -0.590. The van der Waals surface area contributed by atoms with Crippen molar-refractivity contribution in [1.82, 2.24) is 0 Å². The molecule has 2 atom stereocenters. The van der Waals surface area contributed by atoms with Crippen LogP contribution >= 0.6 is 0 Å². The van der Waals surface area contributed by atoms with E-state index in [0.717, 1.165) is 0 Å². The van der Waals surface area contributed by atoms with Crippen LogP contribution < -0.4 is 0 Å². The van der Waals surface area contributed by atoms with Gasteiger partial charge in [-0.25, -0.2) is 0 Å². The van der Waals surface area contributed by atoms with Crippen molar-refractivity contribution in [3.05, 3.63) is 12.2 Å². The zero-order valence-corrected chi connectivity index (χ0v) is 13.3. The molecule has 0 aliphatic rings. The molecular formula is C16H31N. The Labute approximate surface area is 108 Å². The maximum atomic E-state index is 4.84. The van der Waals surface area contributed by atoms with Crippen LogP contribution in [0.2, 0.25) is 0 Å². The van der Waals surface area contributed by atoms with Crippen LogP contribution in [0, 0.1) is 16.7 Å². The summed E-state index contributed by atoms with van der Waals surface area (Å²) in [6.07, 6.45) is 0. The van der Waals surface area contributed by atoms with Gasteiger partial charge in [-0.05, 0) is 30.6 Å². The largest absolute Gasteiger partial charge is 0.290 e. The highest BCUT2D eigenvalue weighted by atomic mass is 14.8. The summed E-state index contributed by atoms with van der Waals surface area (Å²) < 4.78 is 0. The van der Waals surface area contributed by atoms with E-state index in [2.05, 4.69) is 68.9 Å². The van der Waals surface area contributed by atoms with Gasteiger partial charge in [-0.1, -0.05) is 60.6 Å². The second kappa shape index (κ2) is 5.37. The minimum absolute atomic E-state index is 0.164. The summed E-state index contributed by atoms with van der Waals surface area (Å²) in [5.41, 5.74) is 2.84. The number of hydrogen-bond donors (Lipinski definition) is 0. The molecule has 2 unspecified atom stereocenters. The molecule has 0 radical (unpaired) electrons. The molecule has 0 aliphatic carbocycles. The van der Waals surface area contributed by atoms with E-state index in [1.807, 2.05) is 0 Å². The Morgan fingerprint density at radius 1 is 0.941 bits per heavy atom. The van der Waals surface area contributed by atoms with Crippen molar-refractivity contribution >= 4 is 5.71 Å². The number of rotatable bonds is 3. The van der Waals surface area contributed by atoms with Crippen molar-refractivity contribution in [2.45, 2.75) is 68.4 Å². The van der Waals surface area contributed by atoms with Gasteiger partial charge in [0.2, 0.25) is 0 Å². The van der Waals surface area contributed by atoms with E-state index in [1.165, 1.54) is 11.3 Å². The smallest absolute Gasteiger partial charge is 0.0533 e. The van der Waals surface area contributed by atoms with Gasteiger partial charge in [0, 0.05) is 5.71 Å². The van der Waals surface area contributed by atoms with Crippen molar-refractivity contribution in [2.24, 2.45) is 21.7 Å². The molecule has 0 amide bonds. The molecule has 0 bridgehead atoms. The number of aliphatic imine (C=N–C) groups is 1. The Morgan fingerprint density at radius 3 is 1.65 bits per heavy atom. The van der Waals surface area contributed by atoms with Gasteiger partial charge < -0.3 is 0 Å². The molecule has 0 spiro atoms. The standard InChI is InChI=1S/C16H31N/c1-11(12(2)15(5,6)7)13(3)17-14(4)16(8,9)10/h11,13H,2H2,1,3-10H3. The van der Waals surface area contributed by atoms with Gasteiger partial charge in [0.1, 0.15) is 0 Å². The van der Waals surface area contributed by atoms with Gasteiger partial charge in [0.15, 0.2) is 0 Å². The average molecular weight is 237 g/mol. The molecule has 0 N–H and O–H groups in total. The molecule has 0 saturated carbocycles. The van der Waals surface area contributed by atoms with Gasteiger partial charge in [-0.3, -0.25) is 4.99 Å². The maximum Gasteiger partial charge on any atom is 0.0533 e. The molecule has 0 aromatic carbocycles. The van der Waals surface area contributed by atoms with Crippen molar-refractivity contribution in [3.8, 4) is 0 Å². The lowest BCUT2D eigenvalue weighted by molar-refractivity contribution is 0.406. The number of hydrogen-bond acceptors (Lipinski definition) is 1. The van der Waals surface area contributed by atoms with Crippen LogP contribution in [0.1, 0.15) is 62.3 Å². The van der Waals surface area contributed by atoms with E-state index in [1.54, 1.807) is 0 Å². The predicted molar refractivity (Wildman–Crippen MR) is 79.8 cm³/mol. The highest BCUT2D eigenvalue weighted by Crippen LogP contribution is 2.32. The van der Waals surface area contributed by atoms with Crippen molar-refractivity contribution in [2.75, 3.05) is 0 Å². The van der Waals surface area contributed by atoms with Crippen LogP contribution in [0.4, 0.5) is 0 Å². The molecule has 0 fully saturated rings. The minimum Gasteiger partial charge on any atom is -0.290 e. The number of nitrogens with zero attached hydrogens (tertiary/aromatic N) is 1. The van der Waals surface area contributed by atoms with Crippen LogP contribution in [0.25, 0.3) is 0 Å². The fourth-order valence-corrected chi connectivity index (χ4v) is 1.59. The molecule has 1 nitrogen and oxygen atoms in total. The van der Waals surface area contributed by atoms with E-state index >= 15 is 0 Å². The van der Waals surface area contributed by atoms with E-state index < -0.39 is 0 Å². The first-order chi connectivity index (χ1) is 7.37. The highest BCUT2D eigenvalue weighted by Gasteiger charge is 2.25. The molecule has 0 saturated heterocycles. The van der Waals surface area contributed by atoms with Crippen molar-refractivity contribution in [1.29, 1.82) is 0 Å². The topological polar surface area (TPSA) is 12.4 Å². The van der Waals surface area contributed by atoms with Gasteiger partial charge >= 0.3 is 0 Å². The quantitative estimate of drug-likeness (QED) is 0.477. The first kappa shape index (κ1) is 16.4. The summed E-state index contributed by atoms with van der Waals surface area (Å²) in [4.78, 5) is 4.84. The normalized spacial score (nSPS) is 17.8. The zero-order valence-electron chi connectivity index (χ0n) is 13.3. The summed E-state index contributed by atoms with van der Waals surface area (Å²) in [6, 6.07) is 0.306. The molecule has 0 heterocycles. The first-order valence-electron chi connectivity index (χ1n) is 6.61. The molecule has 0 aromatic heterocycles. The minimum atomic E-state index is 0.164. The second-order valence-electron chi connectivity index (χ2n) is 7.27. The third-order valence-electron chi connectivity index (χ3n) is 3.72. The Bertz CT molecular complexity index is 296.